The Morgan fingerprint density at radius 1 is 1.20 bits per heavy atom. The number of amides is 2. The maximum absolute atomic E-state index is 12.3. The van der Waals surface area contributed by atoms with Gasteiger partial charge in [0.05, 0.1) is 25.3 Å². The van der Waals surface area contributed by atoms with Crippen molar-refractivity contribution in [2.75, 3.05) is 13.2 Å². The van der Waals surface area contributed by atoms with Crippen molar-refractivity contribution in [1.82, 2.24) is 26.0 Å². The van der Waals surface area contributed by atoms with E-state index in [-0.39, 0.29) is 18.7 Å². The summed E-state index contributed by atoms with van der Waals surface area (Å²) in [5.41, 5.74) is 2.16. The Morgan fingerprint density at radius 3 is 2.44 bits per heavy atom. The highest BCUT2D eigenvalue weighted by molar-refractivity contribution is 5.92. The van der Waals surface area contributed by atoms with E-state index in [1.54, 1.807) is 0 Å². The number of carbonyl (C=O) groups is 2. The molecule has 8 heteroatoms. The molecule has 1 unspecified atom stereocenters. The Balaban J connectivity index is 2.12. The second kappa shape index (κ2) is 8.91. The molecule has 2 rings (SSSR count). The van der Waals surface area contributed by atoms with Crippen LogP contribution in [0, 0.1) is 0 Å². The molecule has 0 spiro atoms. The Hall–Kier alpha value is -2.77. The molecule has 7 nitrogen and oxygen atoms in total. The first kappa shape index (κ1) is 18.6. The fourth-order valence-corrected chi connectivity index (χ4v) is 2.30. The van der Waals surface area contributed by atoms with E-state index < -0.39 is 24.5 Å². The van der Waals surface area contributed by atoms with E-state index in [9.17, 15) is 14.0 Å². The largest absolute Gasteiger partial charge is 0.354 e. The molecule has 1 aromatic heterocycles. The van der Waals surface area contributed by atoms with E-state index in [2.05, 4.69) is 39.9 Å². The number of carbonyl (C=O) groups excluding carboxylic acids is 2. The molecule has 0 aliphatic rings. The maximum atomic E-state index is 12.3. The van der Waals surface area contributed by atoms with Crippen LogP contribution < -0.4 is 10.6 Å². The van der Waals surface area contributed by atoms with Crippen LogP contribution in [0.5, 0.6) is 0 Å². The molecule has 0 saturated heterocycles. The standard InChI is InChI=1S/C17H22FN5O2/c1-11(2)12-3-5-13(6-4-12)14(9-19-16(24)7-8-18)21-17(25)15-10-20-23-22-15/h3-6,10-11,14H,7-9H2,1-2H3,(H,19,24)(H,21,25)(H,20,22,23). The second-order valence-electron chi connectivity index (χ2n) is 5.95. The minimum Gasteiger partial charge on any atom is -0.354 e. The summed E-state index contributed by atoms with van der Waals surface area (Å²) in [6.07, 6.45) is 1.12. The van der Waals surface area contributed by atoms with Gasteiger partial charge >= 0.3 is 0 Å². The molecule has 0 bridgehead atoms. The average molecular weight is 347 g/mol. The Bertz CT molecular complexity index is 686. The quantitative estimate of drug-likeness (QED) is 0.679. The van der Waals surface area contributed by atoms with Gasteiger partial charge in [-0.2, -0.15) is 15.4 Å². The lowest BCUT2D eigenvalue weighted by molar-refractivity contribution is -0.121. The van der Waals surface area contributed by atoms with E-state index in [4.69, 9.17) is 0 Å². The van der Waals surface area contributed by atoms with Crippen LogP contribution in [-0.4, -0.2) is 40.4 Å². The first-order chi connectivity index (χ1) is 12.0. The van der Waals surface area contributed by atoms with Crippen LogP contribution in [0.2, 0.25) is 0 Å². The lowest BCUT2D eigenvalue weighted by Gasteiger charge is -2.20. The van der Waals surface area contributed by atoms with Crippen LogP contribution in [0.15, 0.2) is 30.5 Å². The summed E-state index contributed by atoms with van der Waals surface area (Å²) < 4.78 is 12.3. The second-order valence-corrected chi connectivity index (χ2v) is 5.95. The van der Waals surface area contributed by atoms with Crippen molar-refractivity contribution in [1.29, 1.82) is 0 Å². The highest BCUT2D eigenvalue weighted by atomic mass is 19.1. The van der Waals surface area contributed by atoms with Gasteiger partial charge in [0.25, 0.3) is 5.91 Å². The number of alkyl halides is 1. The van der Waals surface area contributed by atoms with E-state index in [1.807, 2.05) is 24.3 Å². The van der Waals surface area contributed by atoms with Crippen molar-refractivity contribution >= 4 is 11.8 Å². The summed E-state index contributed by atoms with van der Waals surface area (Å²) in [7, 11) is 0. The topological polar surface area (TPSA) is 99.8 Å². The normalized spacial score (nSPS) is 12.0. The van der Waals surface area contributed by atoms with Crippen molar-refractivity contribution in [3.63, 3.8) is 0 Å². The number of hydrogen-bond acceptors (Lipinski definition) is 4. The van der Waals surface area contributed by atoms with E-state index in [0.717, 1.165) is 5.56 Å². The molecule has 1 aromatic carbocycles. The monoisotopic (exact) mass is 347 g/mol. The zero-order valence-electron chi connectivity index (χ0n) is 14.3. The van der Waals surface area contributed by atoms with Crippen LogP contribution in [0.25, 0.3) is 0 Å². The summed E-state index contributed by atoms with van der Waals surface area (Å²) >= 11 is 0. The molecular formula is C17H22FN5O2. The Kier molecular flexibility index (Phi) is 6.62. The number of hydrogen-bond donors (Lipinski definition) is 3. The maximum Gasteiger partial charge on any atom is 0.274 e. The highest BCUT2D eigenvalue weighted by Crippen LogP contribution is 2.19. The number of nitrogens with zero attached hydrogens (tertiary/aromatic N) is 2. The number of halogens is 1. The van der Waals surface area contributed by atoms with Crippen LogP contribution >= 0.6 is 0 Å². The molecule has 25 heavy (non-hydrogen) atoms. The average Bonchev–Trinajstić information content (AvgIpc) is 3.13. The fourth-order valence-electron chi connectivity index (χ4n) is 2.30. The molecule has 0 radical (unpaired) electrons. The molecular weight excluding hydrogens is 325 g/mol. The molecule has 3 N–H and O–H groups in total. The SMILES string of the molecule is CC(C)c1ccc(C(CNC(=O)CCF)NC(=O)c2cn[nH]n2)cc1. The third-order valence-electron chi connectivity index (χ3n) is 3.78. The van der Waals surface area contributed by atoms with Gasteiger partial charge in [0.15, 0.2) is 5.69 Å². The van der Waals surface area contributed by atoms with Crippen molar-refractivity contribution < 1.29 is 14.0 Å². The molecule has 0 saturated carbocycles. The fraction of sp³-hybridized carbons (Fsp3) is 0.412. The van der Waals surface area contributed by atoms with Gasteiger partial charge in [-0.05, 0) is 17.0 Å². The van der Waals surface area contributed by atoms with Gasteiger partial charge in [-0.25, -0.2) is 0 Å². The van der Waals surface area contributed by atoms with Crippen LogP contribution in [0.4, 0.5) is 4.39 Å². The zero-order valence-corrected chi connectivity index (χ0v) is 14.3. The molecule has 134 valence electrons. The van der Waals surface area contributed by atoms with Crippen LogP contribution in [0.1, 0.15) is 53.8 Å². The van der Waals surface area contributed by atoms with Crippen molar-refractivity contribution in [2.45, 2.75) is 32.2 Å². The van der Waals surface area contributed by atoms with Gasteiger partial charge in [0.2, 0.25) is 5.91 Å². The number of aromatic nitrogens is 3. The Morgan fingerprint density at radius 2 is 1.88 bits per heavy atom. The van der Waals surface area contributed by atoms with Crippen molar-refractivity contribution in [3.05, 3.63) is 47.3 Å². The minimum atomic E-state index is -0.717. The lowest BCUT2D eigenvalue weighted by atomic mass is 9.99. The van der Waals surface area contributed by atoms with E-state index in [0.29, 0.717) is 5.92 Å². The van der Waals surface area contributed by atoms with Gasteiger partial charge in [0, 0.05) is 6.54 Å². The van der Waals surface area contributed by atoms with Gasteiger partial charge in [-0.1, -0.05) is 38.1 Å². The third kappa shape index (κ3) is 5.37. The molecule has 1 atom stereocenters. The minimum absolute atomic E-state index is 0.152. The van der Waals surface area contributed by atoms with Gasteiger partial charge in [-0.15, -0.1) is 0 Å². The summed E-state index contributed by atoms with van der Waals surface area (Å²) in [6.45, 7) is 3.63. The van der Waals surface area contributed by atoms with Crippen molar-refractivity contribution in [2.24, 2.45) is 0 Å². The van der Waals surface area contributed by atoms with E-state index in [1.165, 1.54) is 11.8 Å². The predicted octanol–water partition coefficient (Wildman–Crippen LogP) is 1.87. The summed E-state index contributed by atoms with van der Waals surface area (Å²) in [5.74, 6) is -0.421. The number of H-pyrrole nitrogens is 1. The molecule has 0 aliphatic carbocycles. The summed E-state index contributed by atoms with van der Waals surface area (Å²) in [4.78, 5) is 23.8. The molecule has 0 aliphatic heterocycles. The zero-order chi connectivity index (χ0) is 18.2. The van der Waals surface area contributed by atoms with E-state index >= 15 is 0 Å². The van der Waals surface area contributed by atoms with Gasteiger partial charge in [0.1, 0.15) is 0 Å². The lowest BCUT2D eigenvalue weighted by Crippen LogP contribution is -2.38. The first-order valence-electron chi connectivity index (χ1n) is 8.10. The number of nitrogens with one attached hydrogen (secondary N) is 3. The first-order valence-corrected chi connectivity index (χ1v) is 8.10. The van der Waals surface area contributed by atoms with Gasteiger partial charge in [-0.3, -0.25) is 14.0 Å². The Labute approximate surface area is 145 Å². The smallest absolute Gasteiger partial charge is 0.274 e. The molecule has 2 amide bonds. The summed E-state index contributed by atoms with van der Waals surface area (Å²) in [5, 5.41) is 15.2. The number of benzene rings is 1. The van der Waals surface area contributed by atoms with Crippen LogP contribution in [0.3, 0.4) is 0 Å². The third-order valence-corrected chi connectivity index (χ3v) is 3.78. The number of aromatic amines is 1. The molecule has 0 fully saturated rings. The van der Waals surface area contributed by atoms with Crippen LogP contribution in [-0.2, 0) is 4.79 Å². The number of rotatable bonds is 8. The van der Waals surface area contributed by atoms with Gasteiger partial charge < -0.3 is 10.6 Å². The molecule has 2 aromatic rings. The predicted molar refractivity (Wildman–Crippen MR) is 90.7 cm³/mol. The highest BCUT2D eigenvalue weighted by Gasteiger charge is 2.18. The summed E-state index contributed by atoms with van der Waals surface area (Å²) in [6, 6.07) is 7.32. The van der Waals surface area contributed by atoms with Crippen molar-refractivity contribution in [3.8, 4) is 0 Å². The molecule has 1 heterocycles.